The first kappa shape index (κ1) is 10.9. The van der Waals surface area contributed by atoms with Gasteiger partial charge in [0, 0.05) is 0 Å². The predicted octanol–water partition coefficient (Wildman–Crippen LogP) is 3.01. The highest BCUT2D eigenvalue weighted by Crippen LogP contribution is 2.27. The third kappa shape index (κ3) is 2.66. The number of nitrogens with two attached hydrogens (primary N) is 1. The van der Waals surface area contributed by atoms with E-state index < -0.39 is 0 Å². The zero-order chi connectivity index (χ0) is 10.4. The van der Waals surface area contributed by atoms with E-state index in [4.69, 9.17) is 10.5 Å². The number of benzene rings is 1. The van der Waals surface area contributed by atoms with Crippen molar-refractivity contribution in [3.8, 4) is 5.75 Å². The molecule has 1 aromatic carbocycles. The number of methoxy groups -OCH3 is 1. The minimum atomic E-state index is 0.737. The zero-order valence-corrected chi connectivity index (χ0v) is 9.05. The fraction of sp³-hybridized carbons (Fsp3) is 0.500. The van der Waals surface area contributed by atoms with Crippen molar-refractivity contribution in [2.24, 2.45) is 0 Å². The van der Waals surface area contributed by atoms with Crippen LogP contribution in [-0.2, 0) is 6.42 Å². The average molecular weight is 193 g/mol. The Bertz CT molecular complexity index is 284. The normalized spacial score (nSPS) is 10.1. The second-order valence-corrected chi connectivity index (χ2v) is 3.50. The van der Waals surface area contributed by atoms with Gasteiger partial charge in [-0.2, -0.15) is 0 Å². The van der Waals surface area contributed by atoms with Crippen LogP contribution in [0.2, 0.25) is 0 Å². The van der Waals surface area contributed by atoms with Crippen LogP contribution in [0.3, 0.4) is 0 Å². The van der Waals surface area contributed by atoms with Crippen LogP contribution in [0.4, 0.5) is 5.69 Å². The standard InChI is InChI=1S/C12H19NO/c1-3-4-5-7-10-8-6-9-11(13)12(10)14-2/h6,8-9H,3-5,7,13H2,1-2H3. The van der Waals surface area contributed by atoms with Gasteiger partial charge >= 0.3 is 0 Å². The first-order valence-corrected chi connectivity index (χ1v) is 5.21. The molecule has 0 aliphatic carbocycles. The first-order valence-electron chi connectivity index (χ1n) is 5.21. The van der Waals surface area contributed by atoms with Crippen molar-refractivity contribution < 1.29 is 4.74 Å². The van der Waals surface area contributed by atoms with Crippen molar-refractivity contribution in [2.75, 3.05) is 12.8 Å². The Balaban J connectivity index is 2.70. The van der Waals surface area contributed by atoms with Gasteiger partial charge in [0.2, 0.25) is 0 Å². The number of aryl methyl sites for hydroxylation is 1. The number of hydrogen-bond acceptors (Lipinski definition) is 2. The summed E-state index contributed by atoms with van der Waals surface area (Å²) in [5.41, 5.74) is 7.77. The van der Waals surface area contributed by atoms with E-state index in [0.717, 1.165) is 17.9 Å². The summed E-state index contributed by atoms with van der Waals surface area (Å²) in [7, 11) is 1.68. The molecule has 0 aliphatic rings. The number of nitrogen functional groups attached to an aromatic ring is 1. The third-order valence-electron chi connectivity index (χ3n) is 2.38. The molecule has 0 atom stereocenters. The Morgan fingerprint density at radius 3 is 2.71 bits per heavy atom. The third-order valence-corrected chi connectivity index (χ3v) is 2.38. The number of ether oxygens (including phenoxy) is 1. The number of rotatable bonds is 5. The Kier molecular flexibility index (Phi) is 4.30. The largest absolute Gasteiger partial charge is 0.494 e. The van der Waals surface area contributed by atoms with Crippen molar-refractivity contribution in [1.82, 2.24) is 0 Å². The highest BCUT2D eigenvalue weighted by atomic mass is 16.5. The van der Waals surface area contributed by atoms with Gasteiger partial charge in [-0.1, -0.05) is 31.9 Å². The van der Waals surface area contributed by atoms with Gasteiger partial charge in [0.05, 0.1) is 12.8 Å². The molecule has 2 N–H and O–H groups in total. The maximum absolute atomic E-state index is 5.81. The summed E-state index contributed by atoms with van der Waals surface area (Å²) < 4.78 is 5.28. The Morgan fingerprint density at radius 1 is 1.29 bits per heavy atom. The molecule has 0 amide bonds. The predicted molar refractivity (Wildman–Crippen MR) is 60.6 cm³/mol. The SMILES string of the molecule is CCCCCc1cccc(N)c1OC. The van der Waals surface area contributed by atoms with E-state index in [1.54, 1.807) is 7.11 Å². The molecule has 0 saturated heterocycles. The number of para-hydroxylation sites is 1. The van der Waals surface area contributed by atoms with Crippen LogP contribution in [0.15, 0.2) is 18.2 Å². The Hall–Kier alpha value is -1.18. The molecule has 0 heterocycles. The second kappa shape index (κ2) is 5.53. The Labute approximate surface area is 86.1 Å². The van der Waals surface area contributed by atoms with Crippen molar-refractivity contribution in [3.05, 3.63) is 23.8 Å². The highest BCUT2D eigenvalue weighted by molar-refractivity contribution is 5.56. The van der Waals surface area contributed by atoms with E-state index >= 15 is 0 Å². The van der Waals surface area contributed by atoms with Gasteiger partial charge in [0.15, 0.2) is 0 Å². The minimum Gasteiger partial charge on any atom is -0.494 e. The molecule has 78 valence electrons. The minimum absolute atomic E-state index is 0.737. The van der Waals surface area contributed by atoms with Gasteiger partial charge in [-0.15, -0.1) is 0 Å². The van der Waals surface area contributed by atoms with E-state index in [1.807, 2.05) is 12.1 Å². The van der Waals surface area contributed by atoms with Crippen LogP contribution in [-0.4, -0.2) is 7.11 Å². The molecule has 0 spiro atoms. The van der Waals surface area contributed by atoms with E-state index in [0.29, 0.717) is 0 Å². The van der Waals surface area contributed by atoms with E-state index in [2.05, 4.69) is 13.0 Å². The van der Waals surface area contributed by atoms with Crippen molar-refractivity contribution >= 4 is 5.69 Å². The number of unbranched alkanes of at least 4 members (excludes halogenated alkanes) is 2. The first-order chi connectivity index (χ1) is 6.79. The van der Waals surface area contributed by atoms with Crippen molar-refractivity contribution in [3.63, 3.8) is 0 Å². The van der Waals surface area contributed by atoms with Gasteiger partial charge < -0.3 is 10.5 Å². The van der Waals surface area contributed by atoms with Crippen LogP contribution in [0.5, 0.6) is 5.75 Å². The molecule has 14 heavy (non-hydrogen) atoms. The van der Waals surface area contributed by atoms with Gasteiger partial charge in [0.1, 0.15) is 5.75 Å². The van der Waals surface area contributed by atoms with E-state index in [1.165, 1.54) is 24.8 Å². The molecule has 0 aromatic heterocycles. The molecule has 0 aliphatic heterocycles. The molecule has 1 aromatic rings. The van der Waals surface area contributed by atoms with Crippen LogP contribution in [0.1, 0.15) is 31.7 Å². The van der Waals surface area contributed by atoms with Gasteiger partial charge in [-0.25, -0.2) is 0 Å². The lowest BCUT2D eigenvalue weighted by Crippen LogP contribution is -1.97. The lowest BCUT2D eigenvalue weighted by molar-refractivity contribution is 0.411. The summed E-state index contributed by atoms with van der Waals surface area (Å²) in [5, 5.41) is 0. The lowest BCUT2D eigenvalue weighted by Gasteiger charge is -2.10. The summed E-state index contributed by atoms with van der Waals surface area (Å²) in [5.74, 6) is 0.851. The van der Waals surface area contributed by atoms with Crippen molar-refractivity contribution in [1.29, 1.82) is 0 Å². The van der Waals surface area contributed by atoms with Gasteiger partial charge in [-0.05, 0) is 24.5 Å². The van der Waals surface area contributed by atoms with Crippen LogP contribution in [0, 0.1) is 0 Å². The zero-order valence-electron chi connectivity index (χ0n) is 9.05. The number of hydrogen-bond donors (Lipinski definition) is 1. The smallest absolute Gasteiger partial charge is 0.144 e. The lowest BCUT2D eigenvalue weighted by atomic mass is 10.1. The molecule has 0 saturated carbocycles. The van der Waals surface area contributed by atoms with Gasteiger partial charge in [-0.3, -0.25) is 0 Å². The maximum atomic E-state index is 5.81. The summed E-state index contributed by atoms with van der Waals surface area (Å²) in [6.07, 6.45) is 4.76. The molecule has 0 unspecified atom stereocenters. The van der Waals surface area contributed by atoms with Crippen LogP contribution >= 0.6 is 0 Å². The van der Waals surface area contributed by atoms with E-state index in [-0.39, 0.29) is 0 Å². The molecule has 2 heteroatoms. The summed E-state index contributed by atoms with van der Waals surface area (Å²) in [6, 6.07) is 5.95. The van der Waals surface area contributed by atoms with E-state index in [9.17, 15) is 0 Å². The molecular formula is C12H19NO. The molecule has 0 bridgehead atoms. The fourth-order valence-corrected chi connectivity index (χ4v) is 1.62. The quantitative estimate of drug-likeness (QED) is 0.576. The Morgan fingerprint density at radius 2 is 2.07 bits per heavy atom. The van der Waals surface area contributed by atoms with Gasteiger partial charge in [0.25, 0.3) is 0 Å². The number of anilines is 1. The molecule has 2 nitrogen and oxygen atoms in total. The average Bonchev–Trinajstić information content (AvgIpc) is 2.18. The summed E-state index contributed by atoms with van der Waals surface area (Å²) in [6.45, 7) is 2.20. The maximum Gasteiger partial charge on any atom is 0.144 e. The molecule has 0 radical (unpaired) electrons. The van der Waals surface area contributed by atoms with Crippen LogP contribution < -0.4 is 10.5 Å². The topological polar surface area (TPSA) is 35.2 Å². The molecular weight excluding hydrogens is 174 g/mol. The molecule has 1 rings (SSSR count). The monoisotopic (exact) mass is 193 g/mol. The summed E-state index contributed by atoms with van der Waals surface area (Å²) >= 11 is 0. The molecule has 0 fully saturated rings. The van der Waals surface area contributed by atoms with Crippen molar-refractivity contribution in [2.45, 2.75) is 32.6 Å². The van der Waals surface area contributed by atoms with Crippen LogP contribution in [0.25, 0.3) is 0 Å². The fourth-order valence-electron chi connectivity index (χ4n) is 1.62. The highest BCUT2D eigenvalue weighted by Gasteiger charge is 2.05. The summed E-state index contributed by atoms with van der Waals surface area (Å²) in [4.78, 5) is 0. The second-order valence-electron chi connectivity index (χ2n) is 3.50.